The maximum atomic E-state index is 4.61. The highest BCUT2D eigenvalue weighted by Gasteiger charge is 2.21. The minimum absolute atomic E-state index is 1.02. The quantitative estimate of drug-likeness (QED) is 0.784. The largest absolute Gasteiger partial charge is 0.334 e. The van der Waals surface area contributed by atoms with Crippen LogP contribution < -0.4 is 0 Å². The zero-order valence-corrected chi connectivity index (χ0v) is 9.16. The lowest BCUT2D eigenvalue weighted by Gasteiger charge is -2.20. The number of para-hydroxylation sites is 2. The maximum absolute atomic E-state index is 4.61. The predicted octanol–water partition coefficient (Wildman–Crippen LogP) is 2.87. The van der Waals surface area contributed by atoms with Crippen molar-refractivity contribution >= 4 is 26.6 Å². The standard InChI is InChI=1S/C11H11N3S/c1-15(7-6-12-8-15)11-13-9-4-2-3-5-10(9)14-11/h2-8H,1H3,(H,13,14). The lowest BCUT2D eigenvalue weighted by Crippen LogP contribution is -1.95. The fraction of sp³-hybridized carbons (Fsp3) is 0.0909. The van der Waals surface area contributed by atoms with E-state index in [1.165, 1.54) is 0 Å². The van der Waals surface area contributed by atoms with E-state index in [2.05, 4.69) is 26.6 Å². The average molecular weight is 217 g/mol. The summed E-state index contributed by atoms with van der Waals surface area (Å²) < 4.78 is 0. The zero-order valence-electron chi connectivity index (χ0n) is 8.34. The molecular weight excluding hydrogens is 206 g/mol. The highest BCUT2D eigenvalue weighted by Crippen LogP contribution is 2.52. The van der Waals surface area contributed by atoms with Gasteiger partial charge in [0.1, 0.15) is 0 Å². The minimum atomic E-state index is -1.08. The third-order valence-corrected chi connectivity index (χ3v) is 4.77. The number of imidazole rings is 1. The number of nitrogens with zero attached hydrogens (tertiary/aromatic N) is 2. The molecule has 1 atom stereocenters. The van der Waals surface area contributed by atoms with Crippen LogP contribution in [0.15, 0.2) is 46.0 Å². The Morgan fingerprint density at radius 3 is 2.87 bits per heavy atom. The lowest BCUT2D eigenvalue weighted by molar-refractivity contribution is 1.08. The molecule has 0 spiro atoms. The second-order valence-corrected chi connectivity index (χ2v) is 6.61. The van der Waals surface area contributed by atoms with Gasteiger partial charge in [-0.15, -0.1) is 10.0 Å². The first-order valence-corrected chi connectivity index (χ1v) is 6.88. The van der Waals surface area contributed by atoms with Crippen molar-refractivity contribution in [3.63, 3.8) is 0 Å². The summed E-state index contributed by atoms with van der Waals surface area (Å²) in [6, 6.07) is 8.09. The number of fused-ring (bicyclic) bond motifs is 1. The van der Waals surface area contributed by atoms with Gasteiger partial charge in [-0.3, -0.25) is 4.99 Å². The van der Waals surface area contributed by atoms with Gasteiger partial charge in [0.05, 0.1) is 16.6 Å². The number of H-pyrrole nitrogens is 1. The van der Waals surface area contributed by atoms with E-state index in [4.69, 9.17) is 0 Å². The smallest absolute Gasteiger partial charge is 0.157 e. The Balaban J connectivity index is 2.20. The van der Waals surface area contributed by atoms with Crippen molar-refractivity contribution in [1.29, 1.82) is 0 Å². The molecule has 2 heterocycles. The molecule has 0 saturated heterocycles. The summed E-state index contributed by atoms with van der Waals surface area (Å²) in [5.74, 6) is 0. The Bertz CT molecular complexity index is 523. The van der Waals surface area contributed by atoms with Crippen LogP contribution in [-0.4, -0.2) is 21.8 Å². The van der Waals surface area contributed by atoms with Gasteiger partial charge in [0, 0.05) is 6.20 Å². The first kappa shape index (κ1) is 8.73. The van der Waals surface area contributed by atoms with E-state index in [0.29, 0.717) is 0 Å². The Morgan fingerprint density at radius 1 is 1.27 bits per heavy atom. The van der Waals surface area contributed by atoms with Crippen molar-refractivity contribution in [3.05, 3.63) is 35.9 Å². The van der Waals surface area contributed by atoms with Gasteiger partial charge < -0.3 is 4.98 Å². The molecule has 0 bridgehead atoms. The summed E-state index contributed by atoms with van der Waals surface area (Å²) in [5.41, 5.74) is 4.11. The third kappa shape index (κ3) is 1.29. The number of hydrogen-bond donors (Lipinski definition) is 1. The Kier molecular flexibility index (Phi) is 1.73. The Hall–Kier alpha value is -1.55. The second-order valence-electron chi connectivity index (χ2n) is 3.65. The molecule has 1 aliphatic heterocycles. The van der Waals surface area contributed by atoms with Crippen LogP contribution in [0, 0.1) is 0 Å². The van der Waals surface area contributed by atoms with Crippen LogP contribution in [0.2, 0.25) is 0 Å². The SMILES string of the molecule is CS1(c2nc3ccccc3[nH]2)C=CN=C1. The molecule has 0 fully saturated rings. The van der Waals surface area contributed by atoms with E-state index in [9.17, 15) is 0 Å². The molecule has 1 aromatic heterocycles. The first-order valence-electron chi connectivity index (χ1n) is 4.71. The third-order valence-electron chi connectivity index (χ3n) is 2.49. The second kappa shape index (κ2) is 2.97. The van der Waals surface area contributed by atoms with Gasteiger partial charge in [0.15, 0.2) is 5.16 Å². The molecule has 76 valence electrons. The van der Waals surface area contributed by atoms with Gasteiger partial charge in [0.25, 0.3) is 0 Å². The predicted molar refractivity (Wildman–Crippen MR) is 65.5 cm³/mol. The van der Waals surface area contributed by atoms with Gasteiger partial charge in [-0.05, 0) is 23.8 Å². The summed E-state index contributed by atoms with van der Waals surface area (Å²) in [6.45, 7) is 0. The van der Waals surface area contributed by atoms with E-state index >= 15 is 0 Å². The molecule has 0 saturated carbocycles. The fourth-order valence-corrected chi connectivity index (χ4v) is 3.18. The normalized spacial score (nSPS) is 28.3. The van der Waals surface area contributed by atoms with Crippen LogP contribution >= 0.6 is 10.0 Å². The highest BCUT2D eigenvalue weighted by atomic mass is 32.3. The van der Waals surface area contributed by atoms with E-state index in [1.807, 2.05) is 36.0 Å². The first-order chi connectivity index (χ1) is 7.28. The Labute approximate surface area is 89.3 Å². The zero-order chi connectivity index (χ0) is 10.3. The van der Waals surface area contributed by atoms with Gasteiger partial charge >= 0.3 is 0 Å². The summed E-state index contributed by atoms with van der Waals surface area (Å²) >= 11 is 0. The molecule has 2 aromatic rings. The molecule has 0 radical (unpaired) electrons. The number of hydrogen-bond acceptors (Lipinski definition) is 2. The van der Waals surface area contributed by atoms with Crippen molar-refractivity contribution in [1.82, 2.24) is 9.97 Å². The van der Waals surface area contributed by atoms with E-state index in [0.717, 1.165) is 16.2 Å². The number of aliphatic imine (C=N–C) groups is 1. The molecular formula is C11H11N3S. The average Bonchev–Trinajstić information content (AvgIpc) is 2.84. The summed E-state index contributed by atoms with van der Waals surface area (Å²) in [4.78, 5) is 12.1. The van der Waals surface area contributed by atoms with Crippen molar-refractivity contribution in [2.45, 2.75) is 5.16 Å². The van der Waals surface area contributed by atoms with Crippen LogP contribution in [0.25, 0.3) is 11.0 Å². The van der Waals surface area contributed by atoms with Gasteiger partial charge in [0.2, 0.25) is 0 Å². The van der Waals surface area contributed by atoms with Gasteiger partial charge in [-0.2, -0.15) is 0 Å². The number of aromatic amines is 1. The van der Waals surface area contributed by atoms with E-state index in [1.54, 1.807) is 0 Å². The van der Waals surface area contributed by atoms with Crippen molar-refractivity contribution < 1.29 is 0 Å². The van der Waals surface area contributed by atoms with Crippen LogP contribution in [0.1, 0.15) is 0 Å². The van der Waals surface area contributed by atoms with Crippen molar-refractivity contribution in [3.8, 4) is 0 Å². The maximum Gasteiger partial charge on any atom is 0.157 e. The molecule has 1 aliphatic rings. The number of benzene rings is 1. The lowest BCUT2D eigenvalue weighted by atomic mass is 10.3. The summed E-state index contributed by atoms with van der Waals surface area (Å²) in [6.07, 6.45) is 4.03. The molecule has 1 aromatic carbocycles. The fourth-order valence-electron chi connectivity index (χ4n) is 1.61. The molecule has 0 amide bonds. The summed E-state index contributed by atoms with van der Waals surface area (Å²) in [7, 11) is -1.08. The van der Waals surface area contributed by atoms with Crippen molar-refractivity contribution in [2.75, 3.05) is 6.26 Å². The molecule has 1 unspecified atom stereocenters. The molecule has 3 rings (SSSR count). The monoisotopic (exact) mass is 217 g/mol. The van der Waals surface area contributed by atoms with Gasteiger partial charge in [-0.25, -0.2) is 4.98 Å². The van der Waals surface area contributed by atoms with E-state index in [-0.39, 0.29) is 0 Å². The highest BCUT2D eigenvalue weighted by molar-refractivity contribution is 8.45. The van der Waals surface area contributed by atoms with Crippen LogP contribution in [-0.2, 0) is 0 Å². The topological polar surface area (TPSA) is 41.0 Å². The van der Waals surface area contributed by atoms with Crippen molar-refractivity contribution in [2.24, 2.45) is 4.99 Å². The molecule has 1 N–H and O–H groups in total. The number of aromatic nitrogens is 2. The van der Waals surface area contributed by atoms with Crippen LogP contribution in [0.5, 0.6) is 0 Å². The van der Waals surface area contributed by atoms with E-state index < -0.39 is 10.0 Å². The number of nitrogens with one attached hydrogen (secondary N) is 1. The molecule has 4 heteroatoms. The molecule has 15 heavy (non-hydrogen) atoms. The summed E-state index contributed by atoms with van der Waals surface area (Å²) in [5, 5.41) is 3.16. The number of rotatable bonds is 1. The Morgan fingerprint density at radius 2 is 2.13 bits per heavy atom. The van der Waals surface area contributed by atoms with Gasteiger partial charge in [-0.1, -0.05) is 12.1 Å². The van der Waals surface area contributed by atoms with Crippen LogP contribution in [0.3, 0.4) is 0 Å². The minimum Gasteiger partial charge on any atom is -0.334 e. The molecule has 3 nitrogen and oxygen atoms in total. The van der Waals surface area contributed by atoms with Crippen LogP contribution in [0.4, 0.5) is 0 Å². The molecule has 0 aliphatic carbocycles.